The Morgan fingerprint density at radius 2 is 1.84 bits per heavy atom. The van der Waals surface area contributed by atoms with Gasteiger partial charge in [0.2, 0.25) is 5.91 Å². The molecule has 0 saturated carbocycles. The predicted octanol–water partition coefficient (Wildman–Crippen LogP) is 5.24. The predicted molar refractivity (Wildman–Crippen MR) is 126 cm³/mol. The van der Waals surface area contributed by atoms with Gasteiger partial charge in [0.1, 0.15) is 11.8 Å². The second-order valence-corrected chi connectivity index (χ2v) is 8.56. The fourth-order valence-corrected chi connectivity index (χ4v) is 3.65. The van der Waals surface area contributed by atoms with Crippen LogP contribution in [0, 0.1) is 20.8 Å². The lowest BCUT2D eigenvalue weighted by Crippen LogP contribution is -2.49. The molecule has 2 aromatic rings. The monoisotopic (exact) mass is 464 g/mol. The lowest BCUT2D eigenvalue weighted by molar-refractivity contribution is -0.142. The summed E-state index contributed by atoms with van der Waals surface area (Å²) in [5.74, 6) is 0.144. The highest BCUT2D eigenvalue weighted by molar-refractivity contribution is 6.35. The van der Waals surface area contributed by atoms with Crippen LogP contribution in [0.15, 0.2) is 30.3 Å². The molecule has 0 heterocycles. The third kappa shape index (κ3) is 6.88. The molecule has 31 heavy (non-hydrogen) atoms. The summed E-state index contributed by atoms with van der Waals surface area (Å²) in [7, 11) is 0. The molecule has 0 aliphatic rings. The summed E-state index contributed by atoms with van der Waals surface area (Å²) in [5.41, 5.74) is 3.85. The van der Waals surface area contributed by atoms with Crippen molar-refractivity contribution in [3.05, 3.63) is 62.6 Å². The van der Waals surface area contributed by atoms with Gasteiger partial charge < -0.3 is 15.0 Å². The van der Waals surface area contributed by atoms with Crippen LogP contribution >= 0.6 is 23.2 Å². The van der Waals surface area contributed by atoms with Gasteiger partial charge in [0.15, 0.2) is 6.61 Å². The molecule has 7 heteroatoms. The standard InChI is InChI=1S/C24H30Cl2N2O3/c1-6-9-27-24(30)18(5)28(13-19-7-8-20(25)12-21(19)26)23(29)14-31-22-11-15(2)10-16(3)17(22)4/h7-8,10-12,18H,6,9,13-14H2,1-5H3,(H,27,30)/t18-/m0/s1. The zero-order chi connectivity index (χ0) is 23.1. The van der Waals surface area contributed by atoms with E-state index >= 15 is 0 Å². The average molecular weight is 465 g/mol. The van der Waals surface area contributed by atoms with E-state index in [1.54, 1.807) is 25.1 Å². The summed E-state index contributed by atoms with van der Waals surface area (Å²) in [5, 5.41) is 3.80. The van der Waals surface area contributed by atoms with E-state index in [1.807, 2.05) is 33.8 Å². The van der Waals surface area contributed by atoms with E-state index < -0.39 is 6.04 Å². The molecular weight excluding hydrogens is 435 g/mol. The van der Waals surface area contributed by atoms with E-state index in [9.17, 15) is 9.59 Å². The lowest BCUT2D eigenvalue weighted by Gasteiger charge is -2.29. The Hall–Kier alpha value is -2.24. The smallest absolute Gasteiger partial charge is 0.261 e. The fraction of sp³-hybridized carbons (Fsp3) is 0.417. The van der Waals surface area contributed by atoms with Gasteiger partial charge in [-0.2, -0.15) is 0 Å². The summed E-state index contributed by atoms with van der Waals surface area (Å²) in [6.07, 6.45) is 0.810. The second kappa shape index (κ2) is 11.4. The Labute approximate surface area is 194 Å². The zero-order valence-electron chi connectivity index (χ0n) is 18.7. The van der Waals surface area contributed by atoms with Crippen LogP contribution in [0.3, 0.4) is 0 Å². The van der Waals surface area contributed by atoms with Crippen LogP contribution in [0.4, 0.5) is 0 Å². The van der Waals surface area contributed by atoms with Crippen LogP contribution in [0.5, 0.6) is 5.75 Å². The zero-order valence-corrected chi connectivity index (χ0v) is 20.2. The number of benzene rings is 2. The topological polar surface area (TPSA) is 58.6 Å². The number of rotatable bonds is 9. The third-order valence-electron chi connectivity index (χ3n) is 5.19. The Morgan fingerprint density at radius 3 is 2.48 bits per heavy atom. The minimum atomic E-state index is -0.685. The Balaban J connectivity index is 2.23. The van der Waals surface area contributed by atoms with Gasteiger partial charge >= 0.3 is 0 Å². The maximum Gasteiger partial charge on any atom is 0.261 e. The fourth-order valence-electron chi connectivity index (χ4n) is 3.19. The van der Waals surface area contributed by atoms with E-state index in [1.165, 1.54) is 4.90 Å². The van der Waals surface area contributed by atoms with Crippen LogP contribution in [-0.2, 0) is 16.1 Å². The summed E-state index contributed by atoms with van der Waals surface area (Å²) in [6.45, 7) is 10.2. The molecule has 0 spiro atoms. The first-order valence-corrected chi connectivity index (χ1v) is 11.1. The molecule has 2 aromatic carbocycles. The van der Waals surface area contributed by atoms with Gasteiger partial charge in [-0.3, -0.25) is 9.59 Å². The SMILES string of the molecule is CCCNC(=O)[C@H](C)N(Cc1ccc(Cl)cc1Cl)C(=O)COc1cc(C)cc(C)c1C. The number of carbonyl (C=O) groups excluding carboxylic acids is 2. The van der Waals surface area contributed by atoms with Crippen molar-refractivity contribution < 1.29 is 14.3 Å². The van der Waals surface area contributed by atoms with Crippen molar-refractivity contribution >= 4 is 35.0 Å². The van der Waals surface area contributed by atoms with E-state index in [0.29, 0.717) is 27.9 Å². The minimum Gasteiger partial charge on any atom is -0.483 e. The number of hydrogen-bond donors (Lipinski definition) is 1. The number of halogens is 2. The van der Waals surface area contributed by atoms with Crippen molar-refractivity contribution in [2.24, 2.45) is 0 Å². The third-order valence-corrected chi connectivity index (χ3v) is 5.77. The van der Waals surface area contributed by atoms with Crippen molar-refractivity contribution in [2.45, 2.75) is 53.6 Å². The maximum absolute atomic E-state index is 13.2. The molecule has 0 bridgehead atoms. The molecule has 0 aromatic heterocycles. The molecule has 0 radical (unpaired) electrons. The maximum atomic E-state index is 13.2. The van der Waals surface area contributed by atoms with Gasteiger partial charge in [-0.1, -0.05) is 42.3 Å². The van der Waals surface area contributed by atoms with Crippen LogP contribution in [0.2, 0.25) is 10.0 Å². The summed E-state index contributed by atoms with van der Waals surface area (Å²) >= 11 is 12.3. The van der Waals surface area contributed by atoms with Gasteiger partial charge in [0.25, 0.3) is 5.91 Å². The van der Waals surface area contributed by atoms with E-state index in [4.69, 9.17) is 27.9 Å². The quantitative estimate of drug-likeness (QED) is 0.551. The summed E-state index contributed by atoms with van der Waals surface area (Å²) in [4.78, 5) is 27.2. The molecule has 5 nitrogen and oxygen atoms in total. The molecule has 0 unspecified atom stereocenters. The largest absolute Gasteiger partial charge is 0.483 e. The number of nitrogens with zero attached hydrogens (tertiary/aromatic N) is 1. The number of amides is 2. The molecule has 0 aliphatic heterocycles. The van der Waals surface area contributed by atoms with Gasteiger partial charge in [0, 0.05) is 23.1 Å². The van der Waals surface area contributed by atoms with E-state index in [-0.39, 0.29) is 25.0 Å². The number of carbonyl (C=O) groups is 2. The van der Waals surface area contributed by atoms with Gasteiger partial charge in [-0.15, -0.1) is 0 Å². The van der Waals surface area contributed by atoms with Crippen LogP contribution in [-0.4, -0.2) is 35.9 Å². The Morgan fingerprint density at radius 1 is 1.13 bits per heavy atom. The molecule has 168 valence electrons. The number of aryl methyl sites for hydroxylation is 2. The van der Waals surface area contributed by atoms with E-state index in [2.05, 4.69) is 11.4 Å². The van der Waals surface area contributed by atoms with Crippen LogP contribution in [0.1, 0.15) is 42.5 Å². The number of ether oxygens (including phenoxy) is 1. The molecule has 0 saturated heterocycles. The lowest BCUT2D eigenvalue weighted by atomic mass is 10.1. The van der Waals surface area contributed by atoms with Crippen molar-refractivity contribution in [3.8, 4) is 5.75 Å². The Bertz CT molecular complexity index is 947. The first-order valence-electron chi connectivity index (χ1n) is 10.4. The molecule has 0 fully saturated rings. The molecule has 1 N–H and O–H groups in total. The molecule has 1 atom stereocenters. The highest BCUT2D eigenvalue weighted by Gasteiger charge is 2.27. The number of hydrogen-bond acceptors (Lipinski definition) is 3. The molecular formula is C24H30Cl2N2O3. The van der Waals surface area contributed by atoms with Crippen molar-refractivity contribution in [1.29, 1.82) is 0 Å². The first kappa shape index (κ1) is 25.0. The molecule has 2 rings (SSSR count). The normalized spacial score (nSPS) is 11.7. The second-order valence-electron chi connectivity index (χ2n) is 7.72. The van der Waals surface area contributed by atoms with Crippen molar-refractivity contribution in [3.63, 3.8) is 0 Å². The first-order chi connectivity index (χ1) is 14.6. The highest BCUT2D eigenvalue weighted by Crippen LogP contribution is 2.25. The molecule has 2 amide bonds. The van der Waals surface area contributed by atoms with E-state index in [0.717, 1.165) is 23.1 Å². The van der Waals surface area contributed by atoms with Crippen molar-refractivity contribution in [1.82, 2.24) is 10.2 Å². The van der Waals surface area contributed by atoms with Crippen molar-refractivity contribution in [2.75, 3.05) is 13.2 Å². The highest BCUT2D eigenvalue weighted by atomic mass is 35.5. The summed E-state index contributed by atoms with van der Waals surface area (Å²) in [6, 6.07) is 8.39. The van der Waals surface area contributed by atoms with Crippen LogP contribution < -0.4 is 10.1 Å². The van der Waals surface area contributed by atoms with Gasteiger partial charge in [-0.25, -0.2) is 0 Å². The van der Waals surface area contributed by atoms with Gasteiger partial charge in [0.05, 0.1) is 0 Å². The van der Waals surface area contributed by atoms with Gasteiger partial charge in [-0.05, 0) is 74.6 Å². The molecule has 0 aliphatic carbocycles. The number of nitrogens with one attached hydrogen (secondary N) is 1. The van der Waals surface area contributed by atoms with Crippen LogP contribution in [0.25, 0.3) is 0 Å². The average Bonchev–Trinajstić information content (AvgIpc) is 2.72. The Kier molecular flexibility index (Phi) is 9.20. The summed E-state index contributed by atoms with van der Waals surface area (Å²) < 4.78 is 5.86. The minimum absolute atomic E-state index is 0.171.